The third kappa shape index (κ3) is 0.311. The van der Waals surface area contributed by atoms with Crippen LogP contribution in [-0.4, -0.2) is 0 Å². The van der Waals surface area contributed by atoms with Crippen molar-refractivity contribution >= 4 is 0 Å². The second-order valence-corrected chi connectivity index (χ2v) is 39.6. The predicted octanol–water partition coefficient (Wildman–Crippen LogP) is 12.7. The summed E-state index contributed by atoms with van der Waals surface area (Å²) in [4.78, 5) is 2.73. The van der Waals surface area contributed by atoms with Crippen molar-refractivity contribution in [3.63, 3.8) is 0 Å². The van der Waals surface area contributed by atoms with Gasteiger partial charge < -0.3 is 0 Å². The molecule has 0 bridgehead atoms. The molecule has 0 aromatic rings. The molecule has 202 valence electrons. The molecule has 0 N–H and O–H groups in total. The molecule has 0 radical (unpaired) electrons. The van der Waals surface area contributed by atoms with Crippen molar-refractivity contribution in [2.45, 2.75) is 202 Å². The third-order valence-corrected chi connectivity index (χ3v) is 73.2. The first-order valence-electron chi connectivity index (χ1n) is 17.0. The molecule has 8 atom stereocenters. The van der Waals surface area contributed by atoms with Crippen LogP contribution in [0.25, 0.3) is 0 Å². The van der Waals surface area contributed by atoms with E-state index in [-0.39, 0.29) is 0 Å². The van der Waals surface area contributed by atoms with Crippen LogP contribution < -0.4 is 0 Å². The Kier molecular flexibility index (Phi) is 1.77. The second kappa shape index (κ2) is 2.91. The minimum absolute atomic E-state index is 0.953. The van der Waals surface area contributed by atoms with Crippen LogP contribution in [0.15, 0.2) is 0 Å². The molecule has 10 fully saturated rings. The molecule has 0 aromatic heterocycles. The van der Waals surface area contributed by atoms with Gasteiger partial charge >= 0.3 is 209 Å². The third-order valence-electron chi connectivity index (χ3n) is 23.1. The number of rotatable bonds is 16. The molecule has 35 heavy (non-hydrogen) atoms. The molecule has 0 aromatic carbocycles. The molecular weight excluding hydrogens is 464 g/mol. The average molecular weight is 523 g/mol. The van der Waals surface area contributed by atoms with Crippen LogP contribution in [0, 0.1) is 0 Å². The Morgan fingerprint density at radius 1 is 0.343 bits per heavy atom. The molecule has 1 spiro atoms. The topological polar surface area (TPSA) is 0 Å². The van der Waals surface area contributed by atoms with Gasteiger partial charge in [-0.05, 0) is 0 Å². The zero-order chi connectivity index (χ0) is 24.8. The summed E-state index contributed by atoms with van der Waals surface area (Å²) < 4.78 is 7.68. The van der Waals surface area contributed by atoms with E-state index in [9.17, 15) is 0 Å². The van der Waals surface area contributed by atoms with E-state index in [1.54, 1.807) is 51.4 Å². The van der Waals surface area contributed by atoms with Gasteiger partial charge in [0.2, 0.25) is 0 Å². The van der Waals surface area contributed by atoms with Crippen LogP contribution in [0.2, 0.25) is 44.1 Å². The standard InChI is InChI=1S/2C17H29.Fe/c2*1-5-9-14-13-15(10-6-2)17(12-8-4)16(14)11-7-3;/h2*13H,5-12H2,1-4H3;. The van der Waals surface area contributed by atoms with E-state index in [1.165, 1.54) is 61.0 Å². The molecule has 0 amide bonds. The maximum atomic E-state index is 2.63. The van der Waals surface area contributed by atoms with Crippen molar-refractivity contribution in [1.29, 1.82) is 0 Å². The summed E-state index contributed by atoms with van der Waals surface area (Å²) in [5.41, 5.74) is 0. The summed E-state index contributed by atoms with van der Waals surface area (Å²) in [6, 6.07) is 0. The monoisotopic (exact) mass is 522 g/mol. The van der Waals surface area contributed by atoms with E-state index in [4.69, 9.17) is 0 Å². The van der Waals surface area contributed by atoms with Gasteiger partial charge in [-0.15, -0.1) is 0 Å². The zero-order valence-electron chi connectivity index (χ0n) is 24.8. The first-order valence-corrected chi connectivity index (χ1v) is 22.7. The van der Waals surface area contributed by atoms with Crippen molar-refractivity contribution in [3.05, 3.63) is 0 Å². The SMILES string of the molecule is CCC[C]12[CH]3[C]4(CCC)[C]5(CCC)[C]1(CCC)[Fe]32451678[CH]2[C]1(CCC)[C]6(CCC)[C]7(CCC)[C]28CCC. The van der Waals surface area contributed by atoms with Crippen LogP contribution >= 0.6 is 0 Å². The molecule has 10 rings (SSSR count). The van der Waals surface area contributed by atoms with E-state index < -0.39 is 6.51 Å². The Balaban J connectivity index is 1.50. The van der Waals surface area contributed by atoms with Gasteiger partial charge in [0.25, 0.3) is 0 Å². The summed E-state index contributed by atoms with van der Waals surface area (Å²) in [6.45, 7) is 16.7. The first-order chi connectivity index (χ1) is 16.8. The Bertz CT molecular complexity index is 1300. The fraction of sp³-hybridized carbons (Fsp3) is 1.00. The molecule has 10 heterocycles. The van der Waals surface area contributed by atoms with Crippen molar-refractivity contribution in [2.24, 2.45) is 0 Å². The Labute approximate surface area is 208 Å². The predicted molar refractivity (Wildman–Crippen MR) is 148 cm³/mol. The van der Waals surface area contributed by atoms with Gasteiger partial charge in [0.1, 0.15) is 0 Å². The molecule has 10 aliphatic heterocycles. The quantitative estimate of drug-likeness (QED) is 0.177. The fourth-order valence-electron chi connectivity index (χ4n) is 31.2. The summed E-state index contributed by atoms with van der Waals surface area (Å²) in [5, 5.41) is 0. The number of fused-ring (bicyclic) bond motifs is 10. The minimum atomic E-state index is -4.33. The van der Waals surface area contributed by atoms with Gasteiger partial charge in [0.15, 0.2) is 0 Å². The van der Waals surface area contributed by atoms with Gasteiger partial charge in [-0.1, -0.05) is 0 Å². The summed E-state index contributed by atoms with van der Waals surface area (Å²) in [5.74, 6) is 0. The van der Waals surface area contributed by atoms with E-state index >= 15 is 0 Å². The summed E-state index contributed by atoms with van der Waals surface area (Å²) >= 11 is 0. The van der Waals surface area contributed by atoms with E-state index in [0.717, 1.165) is 34.5 Å². The molecule has 8 unspecified atom stereocenters. The number of hydrogen-bond donors (Lipinski definition) is 0. The molecule has 10 aliphatic rings. The van der Waals surface area contributed by atoms with Gasteiger partial charge in [0, 0.05) is 0 Å². The normalized spacial score (nSPS) is 79.1. The Hall–Kier alpha value is 0.519. The Morgan fingerprint density at radius 3 is 0.714 bits per heavy atom. The molecule has 1 heteroatoms. The van der Waals surface area contributed by atoms with Crippen LogP contribution in [-0.2, 0) is 6.51 Å². The van der Waals surface area contributed by atoms with Crippen molar-refractivity contribution in [1.82, 2.24) is 0 Å². The molecule has 0 aliphatic carbocycles. The van der Waals surface area contributed by atoms with Crippen molar-refractivity contribution in [3.8, 4) is 0 Å². The van der Waals surface area contributed by atoms with Crippen molar-refractivity contribution < 1.29 is 6.51 Å². The van der Waals surface area contributed by atoms with Gasteiger partial charge in [-0.3, -0.25) is 0 Å². The van der Waals surface area contributed by atoms with E-state index in [0.29, 0.717) is 0 Å². The van der Waals surface area contributed by atoms with E-state index in [1.807, 2.05) is 0 Å². The summed E-state index contributed by atoms with van der Waals surface area (Å²) in [6.07, 6.45) is 25.8. The molecular formula is C34H58Fe. The average Bonchev–Trinajstić information content (AvgIpc) is 3.79. The van der Waals surface area contributed by atoms with Gasteiger partial charge in [-0.2, -0.15) is 0 Å². The van der Waals surface area contributed by atoms with Gasteiger partial charge in [-0.25, -0.2) is 0 Å². The first kappa shape index (κ1) is 21.4. The molecule has 10 saturated heterocycles. The fourth-order valence-corrected chi connectivity index (χ4v) is 128. The van der Waals surface area contributed by atoms with E-state index in [2.05, 4.69) is 55.4 Å². The maximum absolute atomic E-state index is 4.33. The summed E-state index contributed by atoms with van der Waals surface area (Å²) in [7, 11) is 0. The van der Waals surface area contributed by atoms with Gasteiger partial charge in [0.05, 0.1) is 0 Å². The Morgan fingerprint density at radius 2 is 0.543 bits per heavy atom. The van der Waals surface area contributed by atoms with Crippen LogP contribution in [0.3, 0.4) is 0 Å². The van der Waals surface area contributed by atoms with Crippen LogP contribution in [0.1, 0.15) is 158 Å². The second-order valence-electron chi connectivity index (χ2n) is 17.4. The molecule has 0 saturated carbocycles. The number of hydrogen-bond acceptors (Lipinski definition) is 0. The molecule has 0 nitrogen and oxygen atoms in total. The zero-order valence-corrected chi connectivity index (χ0v) is 25.9. The van der Waals surface area contributed by atoms with Crippen LogP contribution in [0.5, 0.6) is 0 Å². The van der Waals surface area contributed by atoms with Crippen molar-refractivity contribution in [2.75, 3.05) is 0 Å². The van der Waals surface area contributed by atoms with Crippen LogP contribution in [0.4, 0.5) is 0 Å².